The van der Waals surface area contributed by atoms with E-state index in [2.05, 4.69) is 40.7 Å². The average Bonchev–Trinajstić information content (AvgIpc) is 2.90. The lowest BCUT2D eigenvalue weighted by Gasteiger charge is -2.46. The number of benzene rings is 1. The highest BCUT2D eigenvalue weighted by molar-refractivity contribution is 5.28. The van der Waals surface area contributed by atoms with Crippen LogP contribution < -0.4 is 4.74 Å². The number of likely N-dealkylation sites (tertiary alicyclic amines) is 2. The Morgan fingerprint density at radius 2 is 2.09 bits per heavy atom. The van der Waals surface area contributed by atoms with Crippen LogP contribution in [0.4, 0.5) is 0 Å². The highest BCUT2D eigenvalue weighted by Crippen LogP contribution is 2.37. The highest BCUT2D eigenvalue weighted by atomic mass is 16.5. The highest BCUT2D eigenvalue weighted by Gasteiger charge is 2.42. The van der Waals surface area contributed by atoms with Crippen LogP contribution in [-0.2, 0) is 6.54 Å². The number of ether oxygens (including phenoxy) is 1. The van der Waals surface area contributed by atoms with Gasteiger partial charge >= 0.3 is 0 Å². The summed E-state index contributed by atoms with van der Waals surface area (Å²) in [5.74, 6) is 0.957. The van der Waals surface area contributed by atoms with Gasteiger partial charge in [-0.2, -0.15) is 0 Å². The second-order valence-electron chi connectivity index (χ2n) is 6.73. The van der Waals surface area contributed by atoms with Crippen molar-refractivity contribution in [3.63, 3.8) is 0 Å². The monoisotopic (exact) mass is 300 g/mol. The molecule has 1 unspecified atom stereocenters. The van der Waals surface area contributed by atoms with E-state index in [4.69, 9.17) is 4.74 Å². The molecule has 0 bridgehead atoms. The Morgan fingerprint density at radius 3 is 2.86 bits per heavy atom. The van der Waals surface area contributed by atoms with Gasteiger partial charge in [0.05, 0.1) is 7.11 Å². The predicted molar refractivity (Wildman–Crippen MR) is 91.2 cm³/mol. The summed E-state index contributed by atoms with van der Waals surface area (Å²) in [6, 6.07) is 8.48. The molecule has 1 aromatic rings. The van der Waals surface area contributed by atoms with Gasteiger partial charge in [0.2, 0.25) is 0 Å². The Bertz CT molecular complexity index is 516. The summed E-state index contributed by atoms with van der Waals surface area (Å²) < 4.78 is 5.35. The van der Waals surface area contributed by atoms with Gasteiger partial charge in [0.25, 0.3) is 0 Å². The Labute approximate surface area is 134 Å². The molecule has 2 aliphatic heterocycles. The van der Waals surface area contributed by atoms with Crippen LogP contribution in [0.1, 0.15) is 31.2 Å². The zero-order valence-electron chi connectivity index (χ0n) is 13.8. The molecule has 0 aliphatic carbocycles. The van der Waals surface area contributed by atoms with Gasteiger partial charge in [-0.05, 0) is 56.5 Å². The standard InChI is InChI=1S/C19H28N2O/c1-3-11-21-13-6-10-19(21)9-5-12-20(16-19)15-17-7-4-8-18(14-17)22-2/h3-4,7-8,14H,1,5-6,9-13,15-16H2,2H3. The molecule has 2 aliphatic rings. The Balaban J connectivity index is 1.68. The van der Waals surface area contributed by atoms with Crippen LogP contribution in [0.5, 0.6) is 5.75 Å². The number of hydrogen-bond acceptors (Lipinski definition) is 3. The minimum absolute atomic E-state index is 0.394. The van der Waals surface area contributed by atoms with E-state index in [0.717, 1.165) is 18.8 Å². The maximum absolute atomic E-state index is 5.35. The molecule has 22 heavy (non-hydrogen) atoms. The summed E-state index contributed by atoms with van der Waals surface area (Å²) in [4.78, 5) is 5.29. The van der Waals surface area contributed by atoms with Crippen LogP contribution in [-0.4, -0.2) is 48.6 Å². The fourth-order valence-corrected chi connectivity index (χ4v) is 4.27. The smallest absolute Gasteiger partial charge is 0.119 e. The van der Waals surface area contributed by atoms with Gasteiger partial charge in [0, 0.05) is 25.2 Å². The second kappa shape index (κ2) is 6.84. The molecule has 0 saturated carbocycles. The van der Waals surface area contributed by atoms with Crippen LogP contribution in [0.2, 0.25) is 0 Å². The van der Waals surface area contributed by atoms with Gasteiger partial charge in [0.15, 0.2) is 0 Å². The van der Waals surface area contributed by atoms with E-state index in [1.54, 1.807) is 7.11 Å². The molecule has 0 amide bonds. The van der Waals surface area contributed by atoms with E-state index in [0.29, 0.717) is 5.54 Å². The number of rotatable bonds is 5. The average molecular weight is 300 g/mol. The lowest BCUT2D eigenvalue weighted by Crippen LogP contribution is -2.55. The zero-order valence-corrected chi connectivity index (χ0v) is 13.8. The van der Waals surface area contributed by atoms with E-state index < -0.39 is 0 Å². The molecular weight excluding hydrogens is 272 g/mol. The molecule has 0 N–H and O–H groups in total. The number of methoxy groups -OCH3 is 1. The summed E-state index contributed by atoms with van der Waals surface area (Å²) in [5.41, 5.74) is 1.75. The Morgan fingerprint density at radius 1 is 1.27 bits per heavy atom. The van der Waals surface area contributed by atoms with Crippen molar-refractivity contribution in [2.24, 2.45) is 0 Å². The minimum atomic E-state index is 0.394. The molecule has 1 aromatic carbocycles. The van der Waals surface area contributed by atoms with E-state index in [1.807, 2.05) is 6.07 Å². The fraction of sp³-hybridized carbons (Fsp3) is 0.579. The van der Waals surface area contributed by atoms with Crippen molar-refractivity contribution in [2.45, 2.75) is 37.8 Å². The summed E-state index contributed by atoms with van der Waals surface area (Å²) in [6.07, 6.45) is 7.39. The quantitative estimate of drug-likeness (QED) is 0.776. The number of nitrogens with zero attached hydrogens (tertiary/aromatic N) is 2. The molecule has 3 heteroatoms. The van der Waals surface area contributed by atoms with E-state index in [1.165, 1.54) is 50.9 Å². The van der Waals surface area contributed by atoms with Gasteiger partial charge in [-0.15, -0.1) is 6.58 Å². The Hall–Kier alpha value is -1.32. The van der Waals surface area contributed by atoms with E-state index in [-0.39, 0.29) is 0 Å². The summed E-state index contributed by atoms with van der Waals surface area (Å²) in [5, 5.41) is 0. The van der Waals surface area contributed by atoms with Crippen LogP contribution in [0.3, 0.4) is 0 Å². The van der Waals surface area contributed by atoms with Gasteiger partial charge in [-0.3, -0.25) is 9.80 Å². The van der Waals surface area contributed by atoms with Crippen molar-refractivity contribution in [3.8, 4) is 5.75 Å². The van der Waals surface area contributed by atoms with Gasteiger partial charge in [0.1, 0.15) is 5.75 Å². The summed E-state index contributed by atoms with van der Waals surface area (Å²) in [7, 11) is 1.74. The molecule has 1 atom stereocenters. The molecule has 2 heterocycles. The maximum Gasteiger partial charge on any atom is 0.119 e. The van der Waals surface area contributed by atoms with E-state index >= 15 is 0 Å². The lowest BCUT2D eigenvalue weighted by atomic mass is 9.86. The van der Waals surface area contributed by atoms with Crippen molar-refractivity contribution in [1.29, 1.82) is 0 Å². The van der Waals surface area contributed by atoms with Crippen molar-refractivity contribution in [3.05, 3.63) is 42.5 Å². The molecule has 0 aromatic heterocycles. The van der Waals surface area contributed by atoms with Crippen molar-refractivity contribution < 1.29 is 4.74 Å². The third-order valence-electron chi connectivity index (χ3n) is 5.27. The van der Waals surface area contributed by atoms with Gasteiger partial charge < -0.3 is 4.74 Å². The summed E-state index contributed by atoms with van der Waals surface area (Å²) in [6.45, 7) is 9.64. The first-order chi connectivity index (χ1) is 10.8. The molecule has 1 spiro atoms. The molecule has 0 radical (unpaired) electrons. The van der Waals surface area contributed by atoms with Crippen molar-refractivity contribution >= 4 is 0 Å². The second-order valence-corrected chi connectivity index (χ2v) is 6.73. The Kier molecular flexibility index (Phi) is 4.84. The van der Waals surface area contributed by atoms with Crippen molar-refractivity contribution in [1.82, 2.24) is 9.80 Å². The maximum atomic E-state index is 5.35. The minimum Gasteiger partial charge on any atom is -0.497 e. The topological polar surface area (TPSA) is 15.7 Å². The molecule has 2 fully saturated rings. The molecule has 3 nitrogen and oxygen atoms in total. The summed E-state index contributed by atoms with van der Waals surface area (Å²) >= 11 is 0. The molecule has 2 saturated heterocycles. The first-order valence-corrected chi connectivity index (χ1v) is 8.47. The SMILES string of the molecule is C=CCN1CCCC12CCCN(Cc1cccc(OC)c1)C2. The zero-order chi connectivity index (χ0) is 15.4. The lowest BCUT2D eigenvalue weighted by molar-refractivity contribution is 0.0449. The third-order valence-corrected chi connectivity index (χ3v) is 5.27. The van der Waals surface area contributed by atoms with Gasteiger partial charge in [-0.1, -0.05) is 18.2 Å². The number of piperidine rings is 1. The van der Waals surface area contributed by atoms with E-state index in [9.17, 15) is 0 Å². The van der Waals surface area contributed by atoms with Crippen LogP contribution in [0.25, 0.3) is 0 Å². The predicted octanol–water partition coefficient (Wildman–Crippen LogP) is 3.31. The van der Waals surface area contributed by atoms with Crippen LogP contribution in [0.15, 0.2) is 36.9 Å². The first kappa shape index (κ1) is 15.6. The third kappa shape index (κ3) is 3.21. The molecular formula is C19H28N2O. The largest absolute Gasteiger partial charge is 0.497 e. The van der Waals surface area contributed by atoms with Gasteiger partial charge in [-0.25, -0.2) is 0 Å². The van der Waals surface area contributed by atoms with Crippen LogP contribution in [0, 0.1) is 0 Å². The normalized spacial score (nSPS) is 26.4. The van der Waals surface area contributed by atoms with Crippen LogP contribution >= 0.6 is 0 Å². The molecule has 120 valence electrons. The van der Waals surface area contributed by atoms with Crippen molar-refractivity contribution in [2.75, 3.05) is 33.3 Å². The molecule has 3 rings (SSSR count). The fourth-order valence-electron chi connectivity index (χ4n) is 4.27. The first-order valence-electron chi connectivity index (χ1n) is 8.47. The number of hydrogen-bond donors (Lipinski definition) is 0.